The van der Waals surface area contributed by atoms with Gasteiger partial charge in [0.25, 0.3) is 5.91 Å². The van der Waals surface area contributed by atoms with Crippen LogP contribution in [-0.4, -0.2) is 38.8 Å². The van der Waals surface area contributed by atoms with Gasteiger partial charge in [0, 0.05) is 4.47 Å². The largest absolute Gasteiger partial charge is 0.497 e. The zero-order valence-electron chi connectivity index (χ0n) is 10.4. The van der Waals surface area contributed by atoms with E-state index in [1.165, 1.54) is 13.2 Å². The van der Waals surface area contributed by atoms with E-state index < -0.39 is 24.6 Å². The van der Waals surface area contributed by atoms with Gasteiger partial charge in [-0.15, -0.1) is 0 Å². The Balaban J connectivity index is 2.70. The molecule has 0 heterocycles. The number of esters is 1. The van der Waals surface area contributed by atoms with Crippen LogP contribution in [0.15, 0.2) is 22.7 Å². The molecule has 1 rings (SSSR count). The van der Waals surface area contributed by atoms with Gasteiger partial charge in [-0.2, -0.15) is 0 Å². The van der Waals surface area contributed by atoms with E-state index in [4.69, 9.17) is 4.74 Å². The number of nitrogens with one attached hydrogen (secondary N) is 1. The van der Waals surface area contributed by atoms with Crippen LogP contribution in [0.1, 0.15) is 10.4 Å². The van der Waals surface area contributed by atoms with Crippen LogP contribution in [0.2, 0.25) is 0 Å². The maximum absolute atomic E-state index is 13.2. The van der Waals surface area contributed by atoms with Gasteiger partial charge < -0.3 is 14.8 Å². The van der Waals surface area contributed by atoms with E-state index in [2.05, 4.69) is 26.0 Å². The third-order valence-electron chi connectivity index (χ3n) is 2.32. The minimum absolute atomic E-state index is 0.288. The second kappa shape index (κ2) is 7.08. The molecule has 1 aromatic rings. The fourth-order valence-electron chi connectivity index (χ4n) is 1.29. The number of halogens is 2. The maximum Gasteiger partial charge on any atom is 0.342 e. The normalized spacial score (nSPS) is 11.6. The molecule has 7 heteroatoms. The van der Waals surface area contributed by atoms with Crippen LogP contribution in [-0.2, 0) is 9.53 Å². The number of benzene rings is 1. The van der Waals surface area contributed by atoms with E-state index in [0.29, 0.717) is 10.2 Å². The minimum atomic E-state index is -1.89. The fraction of sp³-hybridized carbons (Fsp3) is 0.333. The topological polar surface area (TPSA) is 64.6 Å². The number of ether oxygens (including phenoxy) is 2. The van der Waals surface area contributed by atoms with Crippen LogP contribution < -0.4 is 10.1 Å². The van der Waals surface area contributed by atoms with Gasteiger partial charge in [0.1, 0.15) is 5.75 Å². The second-order valence-electron chi connectivity index (χ2n) is 3.55. The Morgan fingerprint density at radius 1 is 1.42 bits per heavy atom. The van der Waals surface area contributed by atoms with Gasteiger partial charge in [-0.3, -0.25) is 4.79 Å². The molecule has 0 saturated carbocycles. The van der Waals surface area contributed by atoms with Crippen molar-refractivity contribution in [2.45, 2.75) is 6.17 Å². The third-order valence-corrected chi connectivity index (χ3v) is 3.01. The molecule has 0 spiro atoms. The molecule has 0 saturated heterocycles. The smallest absolute Gasteiger partial charge is 0.342 e. The average Bonchev–Trinajstić information content (AvgIpc) is 2.43. The van der Waals surface area contributed by atoms with Crippen molar-refractivity contribution in [3.8, 4) is 5.75 Å². The molecule has 0 radical (unpaired) electrons. The molecule has 1 amide bonds. The van der Waals surface area contributed by atoms with Crippen LogP contribution >= 0.6 is 15.9 Å². The molecule has 0 aromatic heterocycles. The summed E-state index contributed by atoms with van der Waals surface area (Å²) in [6.45, 7) is -0.449. The number of carbonyl (C=O) groups is 2. The quantitative estimate of drug-likeness (QED) is 0.833. The van der Waals surface area contributed by atoms with E-state index in [-0.39, 0.29) is 5.56 Å². The van der Waals surface area contributed by atoms with E-state index in [0.717, 1.165) is 7.11 Å². The first-order chi connectivity index (χ1) is 8.99. The highest BCUT2D eigenvalue weighted by Gasteiger charge is 2.19. The molecule has 1 aromatic carbocycles. The van der Waals surface area contributed by atoms with Gasteiger partial charge in [0.15, 0.2) is 0 Å². The Morgan fingerprint density at radius 2 is 2.11 bits per heavy atom. The number of hydrogen-bond donors (Lipinski definition) is 1. The van der Waals surface area contributed by atoms with Gasteiger partial charge in [0.05, 0.1) is 26.3 Å². The molecule has 0 fully saturated rings. The predicted octanol–water partition coefficient (Wildman–Crippen LogP) is 1.70. The number of methoxy groups -OCH3 is 2. The summed E-state index contributed by atoms with van der Waals surface area (Å²) in [5.74, 6) is -1.04. The zero-order chi connectivity index (χ0) is 14.4. The highest BCUT2D eigenvalue weighted by molar-refractivity contribution is 9.10. The van der Waals surface area contributed by atoms with Gasteiger partial charge in [-0.25, -0.2) is 9.18 Å². The summed E-state index contributed by atoms with van der Waals surface area (Å²) in [5, 5.41) is 2.31. The van der Waals surface area contributed by atoms with Crippen molar-refractivity contribution in [3.63, 3.8) is 0 Å². The summed E-state index contributed by atoms with van der Waals surface area (Å²) in [6, 6.07) is 4.82. The highest BCUT2D eigenvalue weighted by atomic mass is 79.9. The van der Waals surface area contributed by atoms with Crippen LogP contribution in [0, 0.1) is 0 Å². The number of amides is 1. The highest BCUT2D eigenvalue weighted by Crippen LogP contribution is 2.22. The molecule has 5 nitrogen and oxygen atoms in total. The zero-order valence-corrected chi connectivity index (χ0v) is 12.0. The van der Waals surface area contributed by atoms with Crippen molar-refractivity contribution >= 4 is 27.8 Å². The number of alkyl halides is 1. The first-order valence-electron chi connectivity index (χ1n) is 5.33. The van der Waals surface area contributed by atoms with Gasteiger partial charge >= 0.3 is 5.97 Å². The Bertz CT molecular complexity index is 481. The Hall–Kier alpha value is -1.63. The van der Waals surface area contributed by atoms with Crippen molar-refractivity contribution in [1.82, 2.24) is 5.32 Å². The van der Waals surface area contributed by atoms with Crippen LogP contribution in [0.5, 0.6) is 5.75 Å². The van der Waals surface area contributed by atoms with Crippen LogP contribution in [0.25, 0.3) is 0 Å². The summed E-state index contributed by atoms with van der Waals surface area (Å²) in [7, 11) is 2.55. The van der Waals surface area contributed by atoms with Crippen LogP contribution in [0.4, 0.5) is 4.39 Å². The molecular formula is C12H13BrFNO4. The van der Waals surface area contributed by atoms with Crippen molar-refractivity contribution in [1.29, 1.82) is 0 Å². The summed E-state index contributed by atoms with van der Waals surface area (Å²) < 4.78 is 22.9. The first kappa shape index (κ1) is 15.4. The average molecular weight is 334 g/mol. The van der Waals surface area contributed by atoms with Gasteiger partial charge in [-0.05, 0) is 34.1 Å². The lowest BCUT2D eigenvalue weighted by Gasteiger charge is -2.10. The molecule has 1 atom stereocenters. The fourth-order valence-corrected chi connectivity index (χ4v) is 1.72. The minimum Gasteiger partial charge on any atom is -0.497 e. The predicted molar refractivity (Wildman–Crippen MR) is 69.9 cm³/mol. The molecule has 19 heavy (non-hydrogen) atoms. The van der Waals surface area contributed by atoms with Crippen molar-refractivity contribution < 1.29 is 23.5 Å². The van der Waals surface area contributed by atoms with E-state index in [9.17, 15) is 14.0 Å². The monoisotopic (exact) mass is 333 g/mol. The lowest BCUT2D eigenvalue weighted by molar-refractivity contribution is -0.146. The maximum atomic E-state index is 13.2. The van der Waals surface area contributed by atoms with Crippen molar-refractivity contribution in [2.75, 3.05) is 20.8 Å². The summed E-state index contributed by atoms with van der Waals surface area (Å²) >= 11 is 3.21. The molecular weight excluding hydrogens is 321 g/mol. The molecule has 0 aliphatic rings. The van der Waals surface area contributed by atoms with Gasteiger partial charge in [0.2, 0.25) is 6.17 Å². The first-order valence-corrected chi connectivity index (χ1v) is 6.12. The molecule has 104 valence electrons. The van der Waals surface area contributed by atoms with Crippen molar-refractivity contribution in [3.05, 3.63) is 28.2 Å². The van der Waals surface area contributed by atoms with E-state index in [1.807, 2.05) is 0 Å². The lowest BCUT2D eigenvalue weighted by atomic mass is 10.2. The molecule has 1 unspecified atom stereocenters. The standard InChI is InChI=1S/C12H13BrFNO4/c1-18-7-3-4-9(13)8(5-7)11(16)15-6-10(14)12(17)19-2/h3-5,10H,6H2,1-2H3,(H,15,16). The Labute approximate surface area is 118 Å². The third kappa shape index (κ3) is 4.20. The molecule has 1 N–H and O–H groups in total. The number of rotatable bonds is 5. The molecule has 0 aliphatic carbocycles. The van der Waals surface area contributed by atoms with Crippen molar-refractivity contribution in [2.24, 2.45) is 0 Å². The molecule has 0 bridgehead atoms. The Kier molecular flexibility index (Phi) is 5.75. The number of carbonyl (C=O) groups excluding carboxylic acids is 2. The summed E-state index contributed by atoms with van der Waals surface area (Å²) in [6.07, 6.45) is -1.89. The second-order valence-corrected chi connectivity index (χ2v) is 4.40. The lowest BCUT2D eigenvalue weighted by Crippen LogP contribution is -2.34. The van der Waals surface area contributed by atoms with E-state index >= 15 is 0 Å². The van der Waals surface area contributed by atoms with E-state index in [1.54, 1.807) is 12.1 Å². The summed E-state index contributed by atoms with van der Waals surface area (Å²) in [4.78, 5) is 22.7. The van der Waals surface area contributed by atoms with Crippen LogP contribution in [0.3, 0.4) is 0 Å². The number of hydrogen-bond acceptors (Lipinski definition) is 4. The van der Waals surface area contributed by atoms with Gasteiger partial charge in [-0.1, -0.05) is 0 Å². The SMILES string of the molecule is COC(=O)C(F)CNC(=O)c1cc(OC)ccc1Br. The summed E-state index contributed by atoms with van der Waals surface area (Å²) in [5.41, 5.74) is 0.288. The molecule has 0 aliphatic heterocycles. The Morgan fingerprint density at radius 3 is 2.68 bits per heavy atom.